The first kappa shape index (κ1) is 21.6. The lowest BCUT2D eigenvalue weighted by molar-refractivity contribution is -0.125. The van der Waals surface area contributed by atoms with Crippen molar-refractivity contribution < 1.29 is 18.7 Å². The average molecular weight is 451 g/mol. The fraction of sp³-hybridized carbons (Fsp3) is 0.120. The van der Waals surface area contributed by atoms with E-state index in [2.05, 4.69) is 5.32 Å². The maximum Gasteiger partial charge on any atom is 0.268 e. The van der Waals surface area contributed by atoms with Gasteiger partial charge in [0.05, 0.1) is 12.2 Å². The lowest BCUT2D eigenvalue weighted by atomic mass is 10.1. The molecule has 5 nitrogen and oxygen atoms in total. The third-order valence-corrected chi connectivity index (χ3v) is 5.39. The summed E-state index contributed by atoms with van der Waals surface area (Å²) in [5.41, 5.74) is 2.56. The smallest absolute Gasteiger partial charge is 0.268 e. The van der Waals surface area contributed by atoms with E-state index in [9.17, 15) is 14.0 Å². The van der Waals surface area contributed by atoms with Crippen molar-refractivity contribution >= 4 is 40.9 Å². The van der Waals surface area contributed by atoms with Gasteiger partial charge in [-0.2, -0.15) is 0 Å². The minimum absolute atomic E-state index is 0.197. The normalized spacial score (nSPS) is 15.4. The molecule has 0 fully saturated rings. The van der Waals surface area contributed by atoms with Crippen molar-refractivity contribution in [2.45, 2.75) is 19.6 Å². The highest BCUT2D eigenvalue weighted by Gasteiger charge is 2.32. The molecule has 0 radical (unpaired) electrons. The Kier molecular flexibility index (Phi) is 6.23. The molecular formula is C25H20ClFN2O3. The molecular weight excluding hydrogens is 431 g/mol. The van der Waals surface area contributed by atoms with E-state index in [4.69, 9.17) is 16.3 Å². The number of carbonyl (C=O) groups excluding carboxylic acids is 2. The Morgan fingerprint density at radius 3 is 2.66 bits per heavy atom. The maximum absolute atomic E-state index is 13.0. The van der Waals surface area contributed by atoms with Gasteiger partial charge in [0.15, 0.2) is 6.10 Å². The first-order valence-electron chi connectivity index (χ1n) is 10.0. The SMILES string of the molecule is CC1Oc2ccc(NC(=O)/C=C/c3ccc(F)cc3)cc2N(Cc2ccccc2Cl)C1=O. The van der Waals surface area contributed by atoms with Gasteiger partial charge in [0, 0.05) is 16.8 Å². The van der Waals surface area contributed by atoms with E-state index in [0.29, 0.717) is 27.7 Å². The van der Waals surface area contributed by atoms with Crippen LogP contribution in [0, 0.1) is 5.82 Å². The molecule has 162 valence electrons. The van der Waals surface area contributed by atoms with Crippen LogP contribution in [0.4, 0.5) is 15.8 Å². The fourth-order valence-corrected chi connectivity index (χ4v) is 3.57. The van der Waals surface area contributed by atoms with Crippen molar-refractivity contribution in [3.05, 3.63) is 94.8 Å². The minimum atomic E-state index is -0.635. The second-order valence-electron chi connectivity index (χ2n) is 7.33. The highest BCUT2D eigenvalue weighted by Crippen LogP contribution is 2.37. The molecule has 4 rings (SSSR count). The Balaban J connectivity index is 1.55. The van der Waals surface area contributed by atoms with Crippen LogP contribution in [0.15, 0.2) is 72.8 Å². The molecule has 0 aromatic heterocycles. The van der Waals surface area contributed by atoms with Crippen LogP contribution in [0.1, 0.15) is 18.1 Å². The van der Waals surface area contributed by atoms with Gasteiger partial charge in [-0.1, -0.05) is 41.9 Å². The van der Waals surface area contributed by atoms with Crippen molar-refractivity contribution in [1.82, 2.24) is 0 Å². The van der Waals surface area contributed by atoms with E-state index in [-0.39, 0.29) is 24.2 Å². The predicted octanol–water partition coefficient (Wildman–Crippen LogP) is 5.45. The molecule has 1 aliphatic rings. The Bertz CT molecular complexity index is 1190. The van der Waals surface area contributed by atoms with Crippen LogP contribution in [-0.2, 0) is 16.1 Å². The summed E-state index contributed by atoms with van der Waals surface area (Å²) in [6.07, 6.45) is 2.31. The molecule has 0 aliphatic carbocycles. The van der Waals surface area contributed by atoms with Crippen LogP contribution in [-0.4, -0.2) is 17.9 Å². The van der Waals surface area contributed by atoms with Crippen LogP contribution < -0.4 is 15.0 Å². The van der Waals surface area contributed by atoms with Gasteiger partial charge in [0.25, 0.3) is 5.91 Å². The lowest BCUT2D eigenvalue weighted by Gasteiger charge is -2.33. The van der Waals surface area contributed by atoms with Crippen molar-refractivity contribution in [2.24, 2.45) is 0 Å². The summed E-state index contributed by atoms with van der Waals surface area (Å²) in [4.78, 5) is 26.8. The van der Waals surface area contributed by atoms with Crippen LogP contribution in [0.25, 0.3) is 6.08 Å². The van der Waals surface area contributed by atoms with Crippen molar-refractivity contribution in [1.29, 1.82) is 0 Å². The van der Waals surface area contributed by atoms with Gasteiger partial charge in [-0.3, -0.25) is 9.59 Å². The summed E-state index contributed by atoms with van der Waals surface area (Å²) in [7, 11) is 0. The molecule has 0 bridgehead atoms. The first-order chi connectivity index (χ1) is 15.4. The van der Waals surface area contributed by atoms with E-state index in [0.717, 1.165) is 5.56 Å². The second-order valence-corrected chi connectivity index (χ2v) is 7.74. The summed E-state index contributed by atoms with van der Waals surface area (Å²) in [5, 5.41) is 3.34. The van der Waals surface area contributed by atoms with Gasteiger partial charge in [-0.05, 0) is 60.5 Å². The molecule has 1 aliphatic heterocycles. The van der Waals surface area contributed by atoms with Crippen molar-refractivity contribution in [3.63, 3.8) is 0 Å². The van der Waals surface area contributed by atoms with Gasteiger partial charge in [-0.25, -0.2) is 4.39 Å². The number of nitrogens with zero attached hydrogens (tertiary/aromatic N) is 1. The molecule has 7 heteroatoms. The summed E-state index contributed by atoms with van der Waals surface area (Å²) in [6, 6.07) is 18.3. The molecule has 0 spiro atoms. The number of nitrogens with one attached hydrogen (secondary N) is 1. The van der Waals surface area contributed by atoms with Crippen LogP contribution in [0.5, 0.6) is 5.75 Å². The zero-order chi connectivity index (χ0) is 22.7. The predicted molar refractivity (Wildman–Crippen MR) is 123 cm³/mol. The third-order valence-electron chi connectivity index (χ3n) is 5.02. The zero-order valence-electron chi connectivity index (χ0n) is 17.2. The average Bonchev–Trinajstić information content (AvgIpc) is 2.78. The van der Waals surface area contributed by atoms with Crippen molar-refractivity contribution in [2.75, 3.05) is 10.2 Å². The quantitative estimate of drug-likeness (QED) is 0.526. The number of amides is 2. The van der Waals surface area contributed by atoms with E-state index in [1.54, 1.807) is 54.3 Å². The summed E-state index contributed by atoms with van der Waals surface area (Å²) < 4.78 is 18.7. The number of rotatable bonds is 5. The molecule has 0 saturated heterocycles. The molecule has 0 saturated carbocycles. The highest BCUT2D eigenvalue weighted by atomic mass is 35.5. The Labute approximate surface area is 190 Å². The molecule has 1 unspecified atom stereocenters. The second kappa shape index (κ2) is 9.24. The van der Waals surface area contributed by atoms with Gasteiger partial charge in [0.2, 0.25) is 5.91 Å². The monoisotopic (exact) mass is 450 g/mol. The zero-order valence-corrected chi connectivity index (χ0v) is 18.0. The molecule has 3 aromatic rings. The Hall–Kier alpha value is -3.64. The number of carbonyl (C=O) groups is 2. The van der Waals surface area contributed by atoms with E-state index >= 15 is 0 Å². The van der Waals surface area contributed by atoms with E-state index in [1.165, 1.54) is 18.2 Å². The number of halogens is 2. The molecule has 3 aromatic carbocycles. The van der Waals surface area contributed by atoms with E-state index < -0.39 is 6.10 Å². The van der Waals surface area contributed by atoms with Gasteiger partial charge in [-0.15, -0.1) is 0 Å². The lowest BCUT2D eigenvalue weighted by Crippen LogP contribution is -2.44. The summed E-state index contributed by atoms with van der Waals surface area (Å²) >= 11 is 6.29. The summed E-state index contributed by atoms with van der Waals surface area (Å²) in [5.74, 6) is -0.349. The van der Waals surface area contributed by atoms with Crippen LogP contribution >= 0.6 is 11.6 Å². The standard InChI is InChI=1S/C25H20ClFN2O3/c1-16-25(31)29(15-18-4-2-3-5-21(18)26)22-14-20(11-12-23(22)32-16)28-24(30)13-8-17-6-9-19(27)10-7-17/h2-14,16H,15H2,1H3,(H,28,30)/b13-8+. The van der Waals surface area contributed by atoms with Crippen LogP contribution in [0.3, 0.4) is 0 Å². The minimum Gasteiger partial charge on any atom is -0.479 e. The highest BCUT2D eigenvalue weighted by molar-refractivity contribution is 6.31. The molecule has 1 atom stereocenters. The number of hydrogen-bond donors (Lipinski definition) is 1. The van der Waals surface area contributed by atoms with E-state index in [1.807, 2.05) is 18.2 Å². The number of benzene rings is 3. The maximum atomic E-state index is 13.0. The number of ether oxygens (including phenoxy) is 1. The molecule has 32 heavy (non-hydrogen) atoms. The Morgan fingerprint density at radius 1 is 1.16 bits per heavy atom. The molecule has 1 N–H and O–H groups in total. The fourth-order valence-electron chi connectivity index (χ4n) is 3.37. The number of hydrogen-bond acceptors (Lipinski definition) is 3. The molecule has 2 amide bonds. The van der Waals surface area contributed by atoms with Gasteiger partial charge in [0.1, 0.15) is 11.6 Å². The van der Waals surface area contributed by atoms with Gasteiger partial charge >= 0.3 is 0 Å². The Morgan fingerprint density at radius 2 is 1.91 bits per heavy atom. The number of fused-ring (bicyclic) bond motifs is 1. The largest absolute Gasteiger partial charge is 0.479 e. The topological polar surface area (TPSA) is 58.6 Å². The molecule has 1 heterocycles. The first-order valence-corrected chi connectivity index (χ1v) is 10.4. The number of anilines is 2. The van der Waals surface area contributed by atoms with Gasteiger partial charge < -0.3 is 15.0 Å². The van der Waals surface area contributed by atoms with Crippen LogP contribution in [0.2, 0.25) is 5.02 Å². The van der Waals surface area contributed by atoms with Crippen molar-refractivity contribution in [3.8, 4) is 5.75 Å². The third kappa shape index (κ3) is 4.81. The summed E-state index contributed by atoms with van der Waals surface area (Å²) in [6.45, 7) is 1.97.